The molecule has 5 rings (SSSR count). The van der Waals surface area contributed by atoms with E-state index in [9.17, 15) is 9.90 Å². The lowest BCUT2D eigenvalue weighted by atomic mass is 9.80. The second kappa shape index (κ2) is 29.3. The van der Waals surface area contributed by atoms with Gasteiger partial charge in [0.15, 0.2) is 6.23 Å². The van der Waals surface area contributed by atoms with E-state index >= 15 is 0 Å². The van der Waals surface area contributed by atoms with Gasteiger partial charge in [0.05, 0.1) is 27.4 Å². The number of ether oxygens (including phenoxy) is 5. The van der Waals surface area contributed by atoms with Crippen LogP contribution in [0.3, 0.4) is 0 Å². The van der Waals surface area contributed by atoms with Gasteiger partial charge in [-0.25, -0.2) is 4.67 Å². The van der Waals surface area contributed by atoms with E-state index in [0.717, 1.165) is 36.0 Å². The monoisotopic (exact) mass is 961 g/mol. The molecular weight excluding hydrogens is 880 g/mol. The zero-order valence-electron chi connectivity index (χ0n) is 41.9. The van der Waals surface area contributed by atoms with E-state index in [1.54, 1.807) is 14.2 Å². The van der Waals surface area contributed by atoms with Gasteiger partial charge < -0.3 is 43.6 Å². The molecule has 1 fully saturated rings. The summed E-state index contributed by atoms with van der Waals surface area (Å²) in [5, 5.41) is 11.2. The number of nitrogens with two attached hydrogens (primary N) is 1. The predicted molar refractivity (Wildman–Crippen MR) is 271 cm³/mol. The van der Waals surface area contributed by atoms with Gasteiger partial charge in [-0.3, -0.25) is 9.36 Å². The molecule has 0 aliphatic carbocycles. The average Bonchev–Trinajstić information content (AvgIpc) is 3.68. The van der Waals surface area contributed by atoms with Crippen molar-refractivity contribution in [2.45, 2.75) is 167 Å². The molecule has 13 nitrogen and oxygen atoms in total. The van der Waals surface area contributed by atoms with Gasteiger partial charge >= 0.3 is 0 Å². The second-order valence-corrected chi connectivity index (χ2v) is 19.7. The summed E-state index contributed by atoms with van der Waals surface area (Å²) in [7, 11) is 1.57. The molecule has 1 aliphatic heterocycles. The first-order valence-corrected chi connectivity index (χ1v) is 26.3. The van der Waals surface area contributed by atoms with Crippen LogP contribution in [0.4, 0.5) is 0 Å². The smallest absolute Gasteiger partial charge is 0.299 e. The third-order valence-electron chi connectivity index (χ3n) is 12.6. The molecule has 3 unspecified atom stereocenters. The zero-order valence-corrected chi connectivity index (χ0v) is 42.8. The highest BCUT2D eigenvalue weighted by Gasteiger charge is 2.51. The highest BCUT2D eigenvalue weighted by molar-refractivity contribution is 7.44. The number of aromatic nitrogens is 2. The zero-order chi connectivity index (χ0) is 48.7. The molecular formula is C54H81N4O9P. The van der Waals surface area contributed by atoms with Crippen LogP contribution in [0.2, 0.25) is 0 Å². The lowest BCUT2D eigenvalue weighted by Gasteiger charge is -2.39. The van der Waals surface area contributed by atoms with Gasteiger partial charge in [-0.15, -0.1) is 0 Å². The van der Waals surface area contributed by atoms with Crippen LogP contribution in [0, 0.1) is 0 Å². The molecule has 4 aromatic rings. The first-order chi connectivity index (χ1) is 33.1. The highest BCUT2D eigenvalue weighted by atomic mass is 31.2. The normalized spacial score (nSPS) is 17.9. The molecule has 0 spiro atoms. The Morgan fingerprint density at radius 1 is 0.721 bits per heavy atom. The van der Waals surface area contributed by atoms with E-state index in [-0.39, 0.29) is 25.3 Å². The minimum atomic E-state index is -1.72. The fourth-order valence-electron chi connectivity index (χ4n) is 9.13. The molecule has 68 heavy (non-hydrogen) atoms. The van der Waals surface area contributed by atoms with E-state index < -0.39 is 50.2 Å². The Kier molecular flexibility index (Phi) is 23.7. The molecule has 3 N–H and O–H groups in total. The third kappa shape index (κ3) is 15.5. The van der Waals surface area contributed by atoms with Gasteiger partial charge in [0.2, 0.25) is 0 Å². The van der Waals surface area contributed by atoms with E-state index in [4.69, 9.17) is 38.5 Å². The van der Waals surface area contributed by atoms with Gasteiger partial charge in [0, 0.05) is 37.5 Å². The molecule has 5 atom stereocenters. The Hall–Kier alpha value is -3.91. The highest BCUT2D eigenvalue weighted by Crippen LogP contribution is 2.51. The summed E-state index contributed by atoms with van der Waals surface area (Å²) in [5.41, 5.74) is 6.91. The summed E-state index contributed by atoms with van der Waals surface area (Å²) < 4.78 is 49.9. The maximum atomic E-state index is 12.4. The Morgan fingerprint density at radius 2 is 1.24 bits per heavy atom. The third-order valence-corrected chi connectivity index (χ3v) is 14.7. The standard InChI is InChI=1S/C54H81N4O9P/c1-8-9-10-11-12-13-14-15-16-17-18-19-20-24-38-63-51-50(67-68(65-39-36-55)58(41(2)3)42(4)5)48(66-52(51)57-37-35-49(59)56-53(57)60)40-64-54(43-25-22-21-23-26-43,44-27-31-46(61-6)32-28-44)45-29-33-47(62-7)34-30-45/h21-23,25-35,37,41-42,48,50-52H,8-20,24,36,38-40,55H2,1-7H3,(H,56,59,60)/t48-,50?,51?,52-,68?/m1/s1. The molecule has 3 aromatic carbocycles. The largest absolute Gasteiger partial charge is 0.497 e. The van der Waals surface area contributed by atoms with Gasteiger partial charge in [-0.05, 0) is 75.1 Å². The van der Waals surface area contributed by atoms with Gasteiger partial charge in [-0.2, -0.15) is 4.98 Å². The Labute approximate surface area is 408 Å². The van der Waals surface area contributed by atoms with Crippen molar-refractivity contribution in [2.75, 3.05) is 40.6 Å². The quantitative estimate of drug-likeness (QED) is 0.0266. The van der Waals surface area contributed by atoms with Gasteiger partial charge in [0.25, 0.3) is 20.1 Å². The van der Waals surface area contributed by atoms with E-state index in [1.165, 1.54) is 87.5 Å². The van der Waals surface area contributed by atoms with Crippen molar-refractivity contribution in [3.8, 4) is 17.5 Å². The molecule has 2 heterocycles. The molecule has 1 aromatic heterocycles. The van der Waals surface area contributed by atoms with Crippen LogP contribution in [0.25, 0.3) is 0 Å². The second-order valence-electron chi connectivity index (χ2n) is 18.3. The van der Waals surface area contributed by atoms with Crippen LogP contribution in [0.15, 0.2) is 95.9 Å². The summed E-state index contributed by atoms with van der Waals surface area (Å²) in [5.74, 6) is 1.42. The van der Waals surface area contributed by atoms with E-state index in [0.29, 0.717) is 24.7 Å². The number of unbranched alkanes of at least 4 members (excludes halogenated alkanes) is 13. The minimum Gasteiger partial charge on any atom is -0.497 e. The van der Waals surface area contributed by atoms with Crippen molar-refractivity contribution in [1.82, 2.24) is 14.2 Å². The SMILES string of the molecule is CCCCCCCCCCCCCCCCOC1C(OP(OCCN)N(C(C)C)C(C)C)[C@@H](COC(c2ccccc2)(c2ccc(OC)cc2)c2ccc(OC)cc2)O[C@H]1n1ccc(=O)nc1O. The molecule has 14 heteroatoms. The molecule has 0 amide bonds. The van der Waals surface area contributed by atoms with Crippen LogP contribution in [0.5, 0.6) is 17.5 Å². The van der Waals surface area contributed by atoms with Gasteiger partial charge in [-0.1, -0.05) is 145 Å². The summed E-state index contributed by atoms with van der Waals surface area (Å²) >= 11 is 0. The Bertz CT molecular complexity index is 1980. The molecule has 0 bridgehead atoms. The maximum absolute atomic E-state index is 12.4. The number of benzene rings is 3. The topological polar surface area (TPSA) is 149 Å². The molecule has 0 saturated carbocycles. The number of nitrogens with zero attached hydrogens (tertiary/aromatic N) is 3. The Morgan fingerprint density at radius 3 is 1.72 bits per heavy atom. The van der Waals surface area contributed by atoms with Crippen LogP contribution >= 0.6 is 8.53 Å². The lowest BCUT2D eigenvalue weighted by Crippen LogP contribution is -2.43. The van der Waals surface area contributed by atoms with Crippen molar-refractivity contribution < 1.29 is 37.8 Å². The van der Waals surface area contributed by atoms with Crippen LogP contribution in [0.1, 0.15) is 147 Å². The van der Waals surface area contributed by atoms with Crippen molar-refractivity contribution in [1.29, 1.82) is 0 Å². The first-order valence-electron chi connectivity index (χ1n) is 25.2. The minimum absolute atomic E-state index is 0.00461. The fourth-order valence-corrected chi connectivity index (χ4v) is 10.9. The number of rotatable bonds is 33. The predicted octanol–water partition coefficient (Wildman–Crippen LogP) is 11.4. The van der Waals surface area contributed by atoms with E-state index in [1.807, 2.05) is 66.7 Å². The van der Waals surface area contributed by atoms with Gasteiger partial charge in [0.1, 0.15) is 35.4 Å². The van der Waals surface area contributed by atoms with Crippen LogP contribution < -0.4 is 20.8 Å². The van der Waals surface area contributed by atoms with Crippen molar-refractivity contribution in [3.63, 3.8) is 0 Å². The number of hydrogen-bond donors (Lipinski definition) is 2. The lowest BCUT2D eigenvalue weighted by molar-refractivity contribution is -0.0984. The maximum Gasteiger partial charge on any atom is 0.299 e. The fraction of sp³-hybridized carbons (Fsp3) is 0.593. The molecule has 1 aliphatic rings. The van der Waals surface area contributed by atoms with Crippen molar-refractivity contribution >= 4 is 8.53 Å². The van der Waals surface area contributed by atoms with Crippen molar-refractivity contribution in [2.24, 2.45) is 5.73 Å². The first kappa shape index (κ1) is 55.0. The molecule has 0 radical (unpaired) electrons. The molecule has 1 saturated heterocycles. The number of hydrogen-bond acceptors (Lipinski definition) is 12. The van der Waals surface area contributed by atoms with Crippen molar-refractivity contribution in [3.05, 3.63) is 118 Å². The Balaban J connectivity index is 1.47. The summed E-state index contributed by atoms with van der Waals surface area (Å²) in [6, 6.07) is 26.8. The van der Waals surface area contributed by atoms with Crippen LogP contribution in [-0.4, -0.2) is 90.3 Å². The van der Waals surface area contributed by atoms with Crippen LogP contribution in [-0.2, 0) is 28.9 Å². The number of methoxy groups -OCH3 is 2. The summed E-state index contributed by atoms with van der Waals surface area (Å²) in [4.78, 5) is 16.3. The summed E-state index contributed by atoms with van der Waals surface area (Å²) in [6.07, 6.45) is 15.7. The number of aromatic hydroxyl groups is 1. The summed E-state index contributed by atoms with van der Waals surface area (Å²) in [6.45, 7) is 11.7. The van der Waals surface area contributed by atoms with E-state index in [2.05, 4.69) is 56.4 Å². The molecule has 376 valence electrons. The average molecular weight is 961 g/mol.